The zero-order chi connectivity index (χ0) is 18.3. The number of fused-ring (bicyclic) bond motifs is 1. The maximum Gasteiger partial charge on any atom is 0.142 e. The largest absolute Gasteiger partial charge is 0.314 e. The van der Waals surface area contributed by atoms with Crippen molar-refractivity contribution in [1.29, 1.82) is 0 Å². The zero-order valence-corrected chi connectivity index (χ0v) is 16.1. The van der Waals surface area contributed by atoms with E-state index in [1.807, 2.05) is 24.7 Å². The van der Waals surface area contributed by atoms with Crippen LogP contribution < -0.4 is 5.32 Å². The Morgan fingerprint density at radius 1 is 1.07 bits per heavy atom. The first-order valence-electron chi connectivity index (χ1n) is 10.3. The molecule has 6 heteroatoms. The summed E-state index contributed by atoms with van der Waals surface area (Å²) in [7, 11) is 0. The first-order valence-corrected chi connectivity index (χ1v) is 10.3. The van der Waals surface area contributed by atoms with Crippen LogP contribution in [-0.4, -0.2) is 64.0 Å². The van der Waals surface area contributed by atoms with Gasteiger partial charge in [0.05, 0.1) is 18.3 Å². The van der Waals surface area contributed by atoms with Crippen molar-refractivity contribution in [3.8, 4) is 0 Å². The molecule has 2 aromatic rings. The lowest BCUT2D eigenvalue weighted by Gasteiger charge is -2.35. The van der Waals surface area contributed by atoms with Crippen molar-refractivity contribution >= 4 is 0 Å². The van der Waals surface area contributed by atoms with Crippen LogP contribution in [0.3, 0.4) is 0 Å². The minimum Gasteiger partial charge on any atom is -0.314 e. The first kappa shape index (κ1) is 18.5. The molecule has 1 fully saturated rings. The number of nitrogens with one attached hydrogen (secondary N) is 1. The molecule has 0 aromatic carbocycles. The molecule has 0 radical (unpaired) electrons. The summed E-state index contributed by atoms with van der Waals surface area (Å²) in [5.74, 6) is 0.905. The number of hydrogen-bond donors (Lipinski definition) is 1. The van der Waals surface area contributed by atoms with Crippen LogP contribution in [0.15, 0.2) is 36.8 Å². The van der Waals surface area contributed by atoms with E-state index < -0.39 is 0 Å². The Morgan fingerprint density at radius 2 is 1.89 bits per heavy atom. The Kier molecular flexibility index (Phi) is 6.40. The Morgan fingerprint density at radius 3 is 2.74 bits per heavy atom. The van der Waals surface area contributed by atoms with Crippen molar-refractivity contribution in [1.82, 2.24) is 30.1 Å². The van der Waals surface area contributed by atoms with Crippen LogP contribution in [0.25, 0.3) is 0 Å². The first-order chi connectivity index (χ1) is 13.4. The van der Waals surface area contributed by atoms with E-state index in [1.165, 1.54) is 30.5 Å². The maximum atomic E-state index is 4.76. The van der Waals surface area contributed by atoms with Crippen LogP contribution in [0.1, 0.15) is 42.4 Å². The molecule has 0 saturated carbocycles. The molecule has 1 aliphatic heterocycles. The summed E-state index contributed by atoms with van der Waals surface area (Å²) in [6.07, 6.45) is 10.3. The van der Waals surface area contributed by atoms with Gasteiger partial charge in [0.25, 0.3) is 0 Å². The van der Waals surface area contributed by atoms with Crippen LogP contribution in [0.5, 0.6) is 0 Å². The Balaban J connectivity index is 1.46. The van der Waals surface area contributed by atoms with Gasteiger partial charge in [-0.3, -0.25) is 9.88 Å². The molecule has 4 rings (SSSR count). The molecule has 0 bridgehead atoms. The molecular formula is C21H30N6. The summed E-state index contributed by atoms with van der Waals surface area (Å²) >= 11 is 0. The van der Waals surface area contributed by atoms with Gasteiger partial charge < -0.3 is 10.2 Å². The quantitative estimate of drug-likeness (QED) is 0.809. The predicted octanol–water partition coefficient (Wildman–Crippen LogP) is 2.05. The highest BCUT2D eigenvalue weighted by Gasteiger charge is 2.27. The summed E-state index contributed by atoms with van der Waals surface area (Å²) in [5, 5.41) is 3.43. The zero-order valence-electron chi connectivity index (χ0n) is 16.1. The fourth-order valence-corrected chi connectivity index (χ4v) is 4.31. The highest BCUT2D eigenvalue weighted by Crippen LogP contribution is 2.33. The van der Waals surface area contributed by atoms with Crippen LogP contribution in [0.4, 0.5) is 0 Å². The molecule has 0 spiro atoms. The highest BCUT2D eigenvalue weighted by molar-refractivity contribution is 5.25. The van der Waals surface area contributed by atoms with Gasteiger partial charge in [-0.05, 0) is 49.9 Å². The van der Waals surface area contributed by atoms with Gasteiger partial charge in [0.15, 0.2) is 0 Å². The van der Waals surface area contributed by atoms with Gasteiger partial charge in [0.2, 0.25) is 0 Å². The van der Waals surface area contributed by atoms with Gasteiger partial charge in [-0.1, -0.05) is 6.07 Å². The van der Waals surface area contributed by atoms with Gasteiger partial charge in [-0.25, -0.2) is 9.97 Å². The summed E-state index contributed by atoms with van der Waals surface area (Å²) in [4.78, 5) is 18.8. The van der Waals surface area contributed by atoms with Crippen molar-refractivity contribution in [2.24, 2.45) is 0 Å². The number of rotatable bonds is 7. The topological polar surface area (TPSA) is 57.2 Å². The SMILES string of the molecule is c1cnc(CN(CCCN2CCNCC2)C2CCCc3cccnc32)nc1. The third-order valence-electron chi connectivity index (χ3n) is 5.70. The van der Waals surface area contributed by atoms with Crippen molar-refractivity contribution < 1.29 is 0 Å². The lowest BCUT2D eigenvalue weighted by Crippen LogP contribution is -2.44. The van der Waals surface area contributed by atoms with Crippen molar-refractivity contribution in [2.75, 3.05) is 39.3 Å². The second kappa shape index (κ2) is 9.35. The molecule has 2 aliphatic rings. The molecule has 1 aliphatic carbocycles. The molecule has 144 valence electrons. The van der Waals surface area contributed by atoms with E-state index in [-0.39, 0.29) is 0 Å². The molecule has 0 amide bonds. The molecule has 2 aromatic heterocycles. The number of piperazine rings is 1. The number of hydrogen-bond acceptors (Lipinski definition) is 6. The predicted molar refractivity (Wildman–Crippen MR) is 106 cm³/mol. The monoisotopic (exact) mass is 366 g/mol. The van der Waals surface area contributed by atoms with Gasteiger partial charge in [0, 0.05) is 51.3 Å². The number of nitrogens with zero attached hydrogens (tertiary/aromatic N) is 5. The normalized spacial score (nSPS) is 20.6. The van der Waals surface area contributed by atoms with Gasteiger partial charge >= 0.3 is 0 Å². The minimum atomic E-state index is 0.377. The van der Waals surface area contributed by atoms with E-state index in [1.54, 1.807) is 0 Å². The molecule has 1 atom stereocenters. The van der Waals surface area contributed by atoms with Crippen molar-refractivity contribution in [3.63, 3.8) is 0 Å². The van der Waals surface area contributed by atoms with Crippen LogP contribution in [0.2, 0.25) is 0 Å². The van der Waals surface area contributed by atoms with E-state index in [0.717, 1.165) is 58.1 Å². The van der Waals surface area contributed by atoms with Crippen LogP contribution >= 0.6 is 0 Å². The van der Waals surface area contributed by atoms with Gasteiger partial charge in [-0.2, -0.15) is 0 Å². The second-order valence-corrected chi connectivity index (χ2v) is 7.54. The molecule has 6 nitrogen and oxygen atoms in total. The fourth-order valence-electron chi connectivity index (χ4n) is 4.31. The van der Waals surface area contributed by atoms with E-state index in [9.17, 15) is 0 Å². The molecule has 3 heterocycles. The summed E-state index contributed by atoms with van der Waals surface area (Å²) in [6.45, 7) is 7.57. The highest BCUT2D eigenvalue weighted by atomic mass is 15.2. The Hall–Kier alpha value is -1.89. The van der Waals surface area contributed by atoms with Gasteiger partial charge in [0.1, 0.15) is 5.82 Å². The maximum absolute atomic E-state index is 4.76. The van der Waals surface area contributed by atoms with E-state index in [4.69, 9.17) is 4.98 Å². The van der Waals surface area contributed by atoms with Crippen molar-refractivity contribution in [3.05, 3.63) is 53.9 Å². The number of pyridine rings is 1. The second-order valence-electron chi connectivity index (χ2n) is 7.54. The average molecular weight is 367 g/mol. The lowest BCUT2D eigenvalue weighted by molar-refractivity contribution is 0.146. The molecule has 1 saturated heterocycles. The van der Waals surface area contributed by atoms with Gasteiger partial charge in [-0.15, -0.1) is 0 Å². The molecule has 1 N–H and O–H groups in total. The number of aromatic nitrogens is 3. The van der Waals surface area contributed by atoms with E-state index in [0.29, 0.717) is 6.04 Å². The smallest absolute Gasteiger partial charge is 0.142 e. The summed E-state index contributed by atoms with van der Waals surface area (Å²) in [5.41, 5.74) is 2.68. The standard InChI is InChI=1S/C21H30N6/c1-5-18-6-2-8-25-21(18)19(7-1)27(17-20-23-9-3-10-24-20)14-4-13-26-15-11-22-12-16-26/h2-3,6,8-10,19,22H,1,4-5,7,11-17H2. The van der Waals surface area contributed by atoms with E-state index in [2.05, 4.69) is 37.2 Å². The molecule has 1 unspecified atom stereocenters. The third-order valence-corrected chi connectivity index (χ3v) is 5.70. The Labute approximate surface area is 162 Å². The van der Waals surface area contributed by atoms with Crippen LogP contribution in [-0.2, 0) is 13.0 Å². The summed E-state index contributed by atoms with van der Waals surface area (Å²) < 4.78 is 0. The number of aryl methyl sites for hydroxylation is 1. The molecular weight excluding hydrogens is 336 g/mol. The lowest BCUT2D eigenvalue weighted by atomic mass is 9.90. The fraction of sp³-hybridized carbons (Fsp3) is 0.571. The Bertz CT molecular complexity index is 701. The average Bonchev–Trinajstić information content (AvgIpc) is 2.74. The summed E-state index contributed by atoms with van der Waals surface area (Å²) in [6, 6.07) is 6.57. The van der Waals surface area contributed by atoms with Crippen molar-refractivity contribution in [2.45, 2.75) is 38.3 Å². The van der Waals surface area contributed by atoms with Crippen LogP contribution in [0, 0.1) is 0 Å². The third kappa shape index (κ3) is 4.89. The minimum absolute atomic E-state index is 0.377. The molecule has 27 heavy (non-hydrogen) atoms. The van der Waals surface area contributed by atoms with E-state index >= 15 is 0 Å².